The average Bonchev–Trinajstić information content (AvgIpc) is 3.07. The summed E-state index contributed by atoms with van der Waals surface area (Å²) >= 11 is 0. The molecule has 23 heavy (non-hydrogen) atoms. The Balaban J connectivity index is 1.68. The quantitative estimate of drug-likeness (QED) is 0.907. The summed E-state index contributed by atoms with van der Waals surface area (Å²) in [7, 11) is -3.28. The smallest absolute Gasteiger partial charge is 0.216 e. The number of aromatic nitrogens is 1. The molecule has 2 fully saturated rings. The van der Waals surface area contributed by atoms with Gasteiger partial charge in [-0.15, -0.1) is 0 Å². The molecule has 7 heteroatoms. The van der Waals surface area contributed by atoms with E-state index in [1.807, 2.05) is 12.1 Å². The lowest BCUT2D eigenvalue weighted by Gasteiger charge is -2.34. The van der Waals surface area contributed by atoms with Gasteiger partial charge in [0.1, 0.15) is 11.8 Å². The van der Waals surface area contributed by atoms with Crippen molar-refractivity contribution >= 4 is 15.7 Å². The number of pyridine rings is 1. The van der Waals surface area contributed by atoms with Crippen LogP contribution in [0.2, 0.25) is 0 Å². The lowest BCUT2D eigenvalue weighted by atomic mass is 10.1. The topological polar surface area (TPSA) is 86.1 Å². The van der Waals surface area contributed by atoms with Crippen molar-refractivity contribution in [3.8, 4) is 6.07 Å². The Morgan fingerprint density at radius 2 is 2.00 bits per heavy atom. The number of nitrogens with one attached hydrogen (secondary N) is 1. The van der Waals surface area contributed by atoms with Crippen LogP contribution in [0.4, 0.5) is 5.69 Å². The molecule has 1 saturated heterocycles. The molecule has 6 nitrogen and oxygen atoms in total. The minimum absolute atomic E-state index is 0.118. The highest BCUT2D eigenvalue weighted by atomic mass is 32.2. The van der Waals surface area contributed by atoms with Gasteiger partial charge in [-0.1, -0.05) is 12.8 Å². The van der Waals surface area contributed by atoms with E-state index in [4.69, 9.17) is 5.26 Å². The largest absolute Gasteiger partial charge is 0.369 e. The van der Waals surface area contributed by atoms with Gasteiger partial charge in [-0.2, -0.15) is 5.26 Å². The third-order valence-electron chi connectivity index (χ3n) is 4.73. The van der Waals surface area contributed by atoms with E-state index >= 15 is 0 Å². The van der Waals surface area contributed by atoms with E-state index in [1.165, 1.54) is 0 Å². The fourth-order valence-electron chi connectivity index (χ4n) is 3.44. The number of sulfonamides is 1. The molecule has 1 saturated carbocycles. The molecule has 0 radical (unpaired) electrons. The number of piperidine rings is 1. The van der Waals surface area contributed by atoms with Crippen LogP contribution in [-0.2, 0) is 10.0 Å². The molecule has 1 N–H and O–H groups in total. The van der Waals surface area contributed by atoms with Gasteiger partial charge in [0, 0.05) is 19.1 Å². The Bertz CT molecular complexity index is 675. The van der Waals surface area contributed by atoms with E-state index in [2.05, 4.69) is 14.6 Å². The molecule has 0 spiro atoms. The third-order valence-corrected chi connectivity index (χ3v) is 6.65. The number of anilines is 1. The zero-order valence-corrected chi connectivity index (χ0v) is 13.9. The predicted molar refractivity (Wildman–Crippen MR) is 88.5 cm³/mol. The maximum absolute atomic E-state index is 12.6. The second kappa shape index (κ2) is 6.85. The van der Waals surface area contributed by atoms with Gasteiger partial charge in [-0.25, -0.2) is 18.1 Å². The van der Waals surface area contributed by atoms with Gasteiger partial charge in [0.2, 0.25) is 10.0 Å². The van der Waals surface area contributed by atoms with E-state index in [-0.39, 0.29) is 11.3 Å². The Kier molecular flexibility index (Phi) is 4.83. The second-order valence-corrected chi connectivity index (χ2v) is 8.36. The second-order valence-electron chi connectivity index (χ2n) is 6.37. The monoisotopic (exact) mass is 334 g/mol. The maximum Gasteiger partial charge on any atom is 0.216 e. The van der Waals surface area contributed by atoms with Crippen molar-refractivity contribution in [2.24, 2.45) is 0 Å². The molecule has 0 unspecified atom stereocenters. The molecular weight excluding hydrogens is 312 g/mol. The van der Waals surface area contributed by atoms with Crippen molar-refractivity contribution in [1.29, 1.82) is 5.26 Å². The summed E-state index contributed by atoms with van der Waals surface area (Å²) in [5.74, 6) is 0. The lowest BCUT2D eigenvalue weighted by Crippen LogP contribution is -2.48. The van der Waals surface area contributed by atoms with Gasteiger partial charge in [0.25, 0.3) is 0 Å². The number of rotatable bonds is 4. The first-order valence-corrected chi connectivity index (χ1v) is 9.75. The van der Waals surface area contributed by atoms with Crippen molar-refractivity contribution in [3.63, 3.8) is 0 Å². The maximum atomic E-state index is 12.6. The van der Waals surface area contributed by atoms with Gasteiger partial charge < -0.3 is 4.90 Å². The number of hydrogen-bond acceptors (Lipinski definition) is 5. The van der Waals surface area contributed by atoms with E-state index in [1.54, 1.807) is 12.3 Å². The third kappa shape index (κ3) is 3.82. The van der Waals surface area contributed by atoms with Crippen molar-refractivity contribution < 1.29 is 8.42 Å². The molecule has 2 aliphatic rings. The zero-order valence-electron chi connectivity index (χ0n) is 13.1. The SMILES string of the molecule is N#Cc1ccc(N2CCC[C@@H](S(=O)(=O)NC3CCCC3)C2)cn1. The minimum Gasteiger partial charge on any atom is -0.369 e. The summed E-state index contributed by atoms with van der Waals surface area (Å²) in [5.41, 5.74) is 1.25. The molecular formula is C16H22N4O2S. The molecule has 1 aromatic heterocycles. The molecule has 124 valence electrons. The van der Waals surface area contributed by atoms with Gasteiger partial charge in [-0.05, 0) is 37.8 Å². The Labute approximate surface area is 137 Å². The first kappa shape index (κ1) is 16.2. The van der Waals surface area contributed by atoms with Crippen molar-refractivity contribution in [1.82, 2.24) is 9.71 Å². The van der Waals surface area contributed by atoms with Crippen molar-refractivity contribution in [2.75, 3.05) is 18.0 Å². The molecule has 0 aromatic carbocycles. The molecule has 1 aliphatic heterocycles. The molecule has 0 amide bonds. The van der Waals surface area contributed by atoms with Crippen LogP contribution in [0, 0.1) is 11.3 Å². The average molecular weight is 334 g/mol. The van der Waals surface area contributed by atoms with Crippen LogP contribution in [0.5, 0.6) is 0 Å². The van der Waals surface area contributed by atoms with Gasteiger partial charge in [-0.3, -0.25) is 0 Å². The highest BCUT2D eigenvalue weighted by Gasteiger charge is 2.33. The molecule has 0 bridgehead atoms. The van der Waals surface area contributed by atoms with E-state index in [9.17, 15) is 8.42 Å². The van der Waals surface area contributed by atoms with Crippen LogP contribution >= 0.6 is 0 Å². The molecule has 1 atom stereocenters. The normalized spacial score (nSPS) is 22.9. The molecule has 1 aliphatic carbocycles. The summed E-state index contributed by atoms with van der Waals surface area (Å²) < 4.78 is 28.1. The molecule has 2 heterocycles. The van der Waals surface area contributed by atoms with E-state index < -0.39 is 10.0 Å². The Hall–Kier alpha value is -1.65. The molecule has 1 aromatic rings. The van der Waals surface area contributed by atoms with Gasteiger partial charge in [0.15, 0.2) is 0 Å². The summed E-state index contributed by atoms with van der Waals surface area (Å²) in [4.78, 5) is 6.13. The first-order valence-electron chi connectivity index (χ1n) is 8.21. The van der Waals surface area contributed by atoms with Crippen molar-refractivity contribution in [3.05, 3.63) is 24.0 Å². The summed E-state index contributed by atoms with van der Waals surface area (Å²) in [6.07, 6.45) is 7.32. The summed E-state index contributed by atoms with van der Waals surface area (Å²) in [6.45, 7) is 1.30. The summed E-state index contributed by atoms with van der Waals surface area (Å²) in [6, 6.07) is 5.62. The van der Waals surface area contributed by atoms with Crippen LogP contribution in [0.1, 0.15) is 44.2 Å². The van der Waals surface area contributed by atoms with E-state index in [0.717, 1.165) is 44.3 Å². The first-order chi connectivity index (χ1) is 11.1. The van der Waals surface area contributed by atoms with Crippen LogP contribution in [0.3, 0.4) is 0 Å². The summed E-state index contributed by atoms with van der Waals surface area (Å²) in [5, 5.41) is 8.43. The molecule has 3 rings (SSSR count). The highest BCUT2D eigenvalue weighted by Crippen LogP contribution is 2.24. The fourth-order valence-corrected chi connectivity index (χ4v) is 5.18. The van der Waals surface area contributed by atoms with Crippen LogP contribution < -0.4 is 9.62 Å². The zero-order chi connectivity index (χ0) is 16.3. The number of nitrogens with zero attached hydrogens (tertiary/aromatic N) is 3. The Morgan fingerprint density at radius 1 is 1.22 bits per heavy atom. The van der Waals surface area contributed by atoms with Gasteiger partial charge in [0.05, 0.1) is 17.1 Å². The Morgan fingerprint density at radius 3 is 2.65 bits per heavy atom. The van der Waals surface area contributed by atoms with Crippen LogP contribution in [0.15, 0.2) is 18.3 Å². The van der Waals surface area contributed by atoms with Crippen LogP contribution in [0.25, 0.3) is 0 Å². The van der Waals surface area contributed by atoms with E-state index in [0.29, 0.717) is 18.7 Å². The van der Waals surface area contributed by atoms with Gasteiger partial charge >= 0.3 is 0 Å². The lowest BCUT2D eigenvalue weighted by molar-refractivity contribution is 0.506. The van der Waals surface area contributed by atoms with Crippen molar-refractivity contribution in [2.45, 2.75) is 49.8 Å². The number of hydrogen-bond donors (Lipinski definition) is 1. The van der Waals surface area contributed by atoms with Crippen LogP contribution in [-0.4, -0.2) is 37.8 Å². The fraction of sp³-hybridized carbons (Fsp3) is 0.625. The standard InChI is InChI=1S/C16H22N4O2S/c17-10-14-7-8-15(11-18-14)20-9-3-6-16(12-20)23(21,22)19-13-4-1-2-5-13/h7-8,11,13,16,19H,1-6,9,12H2/t16-/m1/s1. The predicted octanol–water partition coefficient (Wildman–Crippen LogP) is 1.78. The number of nitriles is 1. The highest BCUT2D eigenvalue weighted by molar-refractivity contribution is 7.90. The minimum atomic E-state index is -3.28.